The van der Waals surface area contributed by atoms with E-state index in [4.69, 9.17) is 14.2 Å². The fourth-order valence-electron chi connectivity index (χ4n) is 6.46. The Morgan fingerprint density at radius 1 is 0.635 bits per heavy atom. The van der Waals surface area contributed by atoms with Crippen molar-refractivity contribution in [3.63, 3.8) is 0 Å². The maximum atomic E-state index is 12.4. The molecule has 0 radical (unpaired) electrons. The van der Waals surface area contributed by atoms with Crippen LogP contribution in [0.15, 0.2) is 59.9 Å². The van der Waals surface area contributed by atoms with Crippen molar-refractivity contribution in [1.82, 2.24) is 4.90 Å². The van der Waals surface area contributed by atoms with Crippen LogP contribution in [0.2, 0.25) is 0 Å². The van der Waals surface area contributed by atoms with E-state index in [0.717, 1.165) is 63.9 Å². The van der Waals surface area contributed by atoms with E-state index in [-0.39, 0.29) is 18.9 Å². The van der Waals surface area contributed by atoms with Gasteiger partial charge in [0.1, 0.15) is 12.4 Å². The van der Waals surface area contributed by atoms with Gasteiger partial charge in [-0.15, -0.1) is 0 Å². The molecule has 0 unspecified atom stereocenters. The molecule has 5 heteroatoms. The number of ether oxygens (including phenoxy) is 3. The van der Waals surface area contributed by atoms with Gasteiger partial charge >= 0.3 is 5.97 Å². The molecule has 0 aromatic heterocycles. The van der Waals surface area contributed by atoms with E-state index in [1.54, 1.807) is 0 Å². The Hall–Kier alpha value is -2.11. The Morgan fingerprint density at radius 2 is 1.12 bits per heavy atom. The van der Waals surface area contributed by atoms with Crippen molar-refractivity contribution in [1.29, 1.82) is 0 Å². The van der Waals surface area contributed by atoms with Crippen molar-refractivity contribution >= 4 is 5.97 Å². The molecule has 0 spiro atoms. The van der Waals surface area contributed by atoms with Crippen LogP contribution in [-0.4, -0.2) is 51.0 Å². The van der Waals surface area contributed by atoms with E-state index >= 15 is 0 Å². The maximum absolute atomic E-state index is 12.4. The van der Waals surface area contributed by atoms with Crippen molar-refractivity contribution in [3.05, 3.63) is 59.9 Å². The molecule has 1 rings (SSSR count). The van der Waals surface area contributed by atoms with Crippen molar-refractivity contribution < 1.29 is 19.0 Å². The van der Waals surface area contributed by atoms with Crippen molar-refractivity contribution in [2.75, 3.05) is 33.9 Å². The largest absolute Gasteiger partial charge is 0.465 e. The zero-order chi connectivity index (χ0) is 37.6. The summed E-state index contributed by atoms with van der Waals surface area (Å²) in [6, 6.07) is 0. The Kier molecular flexibility index (Phi) is 34.3. The Balaban J connectivity index is 2.23. The van der Waals surface area contributed by atoms with Gasteiger partial charge < -0.3 is 19.1 Å². The topological polar surface area (TPSA) is 48.0 Å². The molecule has 0 aromatic rings. The second kappa shape index (κ2) is 37.2. The monoisotopic (exact) mass is 726 g/mol. The number of carbonyl (C=O) groups excluding carboxylic acids is 1. The summed E-state index contributed by atoms with van der Waals surface area (Å²) in [4.78, 5) is 14.5. The highest BCUT2D eigenvalue weighted by Gasteiger charge is 2.26. The van der Waals surface area contributed by atoms with Crippen molar-refractivity contribution in [2.24, 2.45) is 0 Å². The predicted molar refractivity (Wildman–Crippen MR) is 225 cm³/mol. The third-order valence-electron chi connectivity index (χ3n) is 9.76. The molecule has 0 bridgehead atoms. The highest BCUT2D eigenvalue weighted by atomic mass is 16.7. The van der Waals surface area contributed by atoms with Crippen LogP contribution in [0.1, 0.15) is 194 Å². The Bertz CT molecular complexity index is 962. The molecule has 0 saturated carbocycles. The van der Waals surface area contributed by atoms with Gasteiger partial charge in [0, 0.05) is 12.8 Å². The number of hydrogen-bond acceptors (Lipinski definition) is 5. The van der Waals surface area contributed by atoms with E-state index in [9.17, 15) is 4.79 Å². The summed E-state index contributed by atoms with van der Waals surface area (Å²) >= 11 is 0. The van der Waals surface area contributed by atoms with E-state index in [1.165, 1.54) is 134 Å². The second-order valence-electron chi connectivity index (χ2n) is 15.1. The summed E-state index contributed by atoms with van der Waals surface area (Å²) in [5, 5.41) is 0. The van der Waals surface area contributed by atoms with Gasteiger partial charge in [0.15, 0.2) is 0 Å². The molecule has 52 heavy (non-hydrogen) atoms. The Labute approximate surface area is 322 Å². The van der Waals surface area contributed by atoms with Crippen LogP contribution in [0.4, 0.5) is 0 Å². The minimum atomic E-state index is -0.236. The quantitative estimate of drug-likeness (QED) is 0.0362. The zero-order valence-electron chi connectivity index (χ0n) is 34.7. The third kappa shape index (κ3) is 31.4. The predicted octanol–water partition coefficient (Wildman–Crippen LogP) is 13.9. The van der Waals surface area contributed by atoms with Crippen LogP contribution in [0.3, 0.4) is 0 Å². The lowest BCUT2D eigenvalue weighted by Crippen LogP contribution is -2.16. The molecule has 1 aliphatic rings. The molecule has 0 fully saturated rings. The summed E-state index contributed by atoms with van der Waals surface area (Å²) in [6.07, 6.45) is 51.4. The Morgan fingerprint density at radius 3 is 1.63 bits per heavy atom. The molecule has 0 N–H and O–H groups in total. The third-order valence-corrected chi connectivity index (χ3v) is 9.76. The van der Waals surface area contributed by atoms with Crippen LogP contribution >= 0.6 is 0 Å². The fraction of sp³-hybridized carbons (Fsp3) is 0.766. The van der Waals surface area contributed by atoms with Gasteiger partial charge in [-0.25, -0.2) is 0 Å². The molecule has 300 valence electrons. The number of allylic oxidation sites excluding steroid dienone is 8. The number of unbranched alkanes of at least 4 members (excludes halogenated alkanes) is 18. The van der Waals surface area contributed by atoms with Gasteiger partial charge in [0.2, 0.25) is 6.29 Å². The van der Waals surface area contributed by atoms with Crippen LogP contribution < -0.4 is 0 Å². The van der Waals surface area contributed by atoms with E-state index in [2.05, 4.69) is 67.4 Å². The highest BCUT2D eigenvalue weighted by Crippen LogP contribution is 2.30. The lowest BCUT2D eigenvalue weighted by atomic mass is 10.0. The average Bonchev–Trinajstić information content (AvgIpc) is 3.53. The smallest absolute Gasteiger partial charge is 0.306 e. The van der Waals surface area contributed by atoms with Gasteiger partial charge in [-0.3, -0.25) is 4.79 Å². The van der Waals surface area contributed by atoms with Gasteiger partial charge in [0.25, 0.3) is 0 Å². The maximum Gasteiger partial charge on any atom is 0.306 e. The van der Waals surface area contributed by atoms with Gasteiger partial charge in [-0.05, 0) is 116 Å². The van der Waals surface area contributed by atoms with Crippen LogP contribution in [-0.2, 0) is 19.0 Å². The first kappa shape index (κ1) is 47.9. The van der Waals surface area contributed by atoms with Gasteiger partial charge in [-0.2, -0.15) is 0 Å². The molecular weight excluding hydrogens is 643 g/mol. The molecule has 0 aromatic carbocycles. The second-order valence-corrected chi connectivity index (χ2v) is 15.1. The summed E-state index contributed by atoms with van der Waals surface area (Å²) < 4.78 is 18.1. The van der Waals surface area contributed by atoms with E-state index in [1.807, 2.05) is 14.1 Å². The summed E-state index contributed by atoms with van der Waals surface area (Å²) in [7, 11) is 4.05. The van der Waals surface area contributed by atoms with Gasteiger partial charge in [0.05, 0.1) is 6.61 Å². The number of hydrogen-bond donors (Lipinski definition) is 0. The minimum Gasteiger partial charge on any atom is -0.465 e. The molecule has 0 aliphatic carbocycles. The molecule has 0 amide bonds. The summed E-state index contributed by atoms with van der Waals surface area (Å²) in [5.74, 6) is 0.697. The first-order chi connectivity index (χ1) is 25.6. The van der Waals surface area contributed by atoms with Crippen LogP contribution in [0.5, 0.6) is 0 Å². The fourth-order valence-corrected chi connectivity index (χ4v) is 6.46. The van der Waals surface area contributed by atoms with Crippen LogP contribution in [0, 0.1) is 0 Å². The lowest BCUT2D eigenvalue weighted by Gasteiger charge is -2.14. The zero-order valence-corrected chi connectivity index (χ0v) is 34.7. The molecule has 5 nitrogen and oxygen atoms in total. The van der Waals surface area contributed by atoms with E-state index < -0.39 is 0 Å². The summed E-state index contributed by atoms with van der Waals surface area (Å²) in [6.45, 7) is 6.37. The van der Waals surface area contributed by atoms with Crippen LogP contribution in [0.25, 0.3) is 0 Å². The summed E-state index contributed by atoms with van der Waals surface area (Å²) in [5.41, 5.74) is 1.28. The lowest BCUT2D eigenvalue weighted by molar-refractivity contribution is -0.146. The van der Waals surface area contributed by atoms with Gasteiger partial charge in [-0.1, -0.05) is 140 Å². The first-order valence-electron chi connectivity index (χ1n) is 22.0. The molecule has 0 saturated heterocycles. The SMILES string of the molecule is CCCCC/C=C\C/C=C\CCCCCCCCO[C@H]1CC(CCCCCCCC/C=C\C/C=C\CCCCC)=C(COC(=O)CCCN(C)C)O1. The van der Waals surface area contributed by atoms with E-state index in [0.29, 0.717) is 6.42 Å². The first-order valence-corrected chi connectivity index (χ1v) is 22.0. The molecule has 1 heterocycles. The molecule has 1 atom stereocenters. The standard InChI is InChI=1S/C47H83NO4/c1-5-7-9-11-13-15-17-19-21-23-25-27-29-31-33-35-38-44-42-47(52-45(44)43-51-46(49)39-37-40-48(3)4)50-41-36-34-32-30-28-26-24-22-20-18-16-14-12-10-8-6-2/h13-16,19-22,47H,5-12,17-18,23-43H2,1-4H3/b15-13-,16-14-,21-19-,22-20-/t47-/m1/s1. The number of esters is 1. The molecular formula is C47H83NO4. The van der Waals surface area contributed by atoms with Crippen molar-refractivity contribution in [3.8, 4) is 0 Å². The normalized spacial score (nSPS) is 15.1. The minimum absolute atomic E-state index is 0.142. The number of carbonyl (C=O) groups is 1. The number of rotatable bonds is 37. The number of nitrogens with zero attached hydrogens (tertiary/aromatic N) is 1. The molecule has 1 aliphatic heterocycles. The average molecular weight is 726 g/mol. The highest BCUT2D eigenvalue weighted by molar-refractivity contribution is 5.69. The van der Waals surface area contributed by atoms with Crippen molar-refractivity contribution in [2.45, 2.75) is 200 Å².